The molecule has 0 radical (unpaired) electrons. The molecule has 6 nitrogen and oxygen atoms in total. The molecule has 1 aliphatic heterocycles. The second kappa shape index (κ2) is 8.30. The van der Waals surface area contributed by atoms with Gasteiger partial charge in [-0.2, -0.15) is 0 Å². The van der Waals surface area contributed by atoms with E-state index in [1.807, 2.05) is 6.92 Å². The van der Waals surface area contributed by atoms with Crippen molar-refractivity contribution in [1.82, 2.24) is 5.32 Å². The van der Waals surface area contributed by atoms with Crippen LogP contribution in [0.3, 0.4) is 0 Å². The van der Waals surface area contributed by atoms with Gasteiger partial charge >= 0.3 is 0 Å². The van der Waals surface area contributed by atoms with Gasteiger partial charge in [-0.15, -0.1) is 0 Å². The van der Waals surface area contributed by atoms with E-state index in [0.29, 0.717) is 22.5 Å². The van der Waals surface area contributed by atoms with Crippen LogP contribution in [0, 0.1) is 0 Å². The molecular weight excluding hydrogens is 468 g/mol. The quantitative estimate of drug-likeness (QED) is 0.391. The highest BCUT2D eigenvalue weighted by atomic mass is 79.9. The first-order valence-corrected chi connectivity index (χ1v) is 9.72. The molecule has 2 aromatic rings. The number of hydrogen-bond donors (Lipinski definition) is 2. The van der Waals surface area contributed by atoms with E-state index in [0.717, 1.165) is 0 Å². The number of thiocarbonyl (C=S) groups is 1. The van der Waals surface area contributed by atoms with Crippen molar-refractivity contribution in [2.75, 3.05) is 11.5 Å². The van der Waals surface area contributed by atoms with Crippen LogP contribution in [0.2, 0.25) is 5.02 Å². The number of anilines is 1. The van der Waals surface area contributed by atoms with Gasteiger partial charge in [-0.1, -0.05) is 27.5 Å². The highest BCUT2D eigenvalue weighted by Crippen LogP contribution is 2.33. The topological polar surface area (TPSA) is 78.9 Å². The summed E-state index contributed by atoms with van der Waals surface area (Å²) in [5, 5.41) is 12.7. The molecular formula is C19H14BrClN2O4S. The van der Waals surface area contributed by atoms with Crippen LogP contribution >= 0.6 is 39.7 Å². The summed E-state index contributed by atoms with van der Waals surface area (Å²) in [5.74, 6) is -0.866. The number of nitrogens with one attached hydrogen (secondary N) is 1. The summed E-state index contributed by atoms with van der Waals surface area (Å²) in [6, 6.07) is 9.78. The van der Waals surface area contributed by atoms with E-state index in [1.165, 1.54) is 17.0 Å². The van der Waals surface area contributed by atoms with Crippen molar-refractivity contribution in [3.8, 4) is 11.5 Å². The van der Waals surface area contributed by atoms with Crippen molar-refractivity contribution >= 4 is 68.4 Å². The van der Waals surface area contributed by atoms with Crippen LogP contribution in [-0.2, 0) is 9.59 Å². The Balaban J connectivity index is 2.01. The minimum atomic E-state index is -0.660. The maximum absolute atomic E-state index is 13.0. The minimum absolute atomic E-state index is 0.0344. The molecule has 1 heterocycles. The first-order chi connectivity index (χ1) is 13.3. The summed E-state index contributed by atoms with van der Waals surface area (Å²) < 4.78 is 5.98. The molecule has 2 amide bonds. The number of halogens is 2. The number of hydrogen-bond acceptors (Lipinski definition) is 5. The van der Waals surface area contributed by atoms with Crippen LogP contribution < -0.4 is 15.0 Å². The van der Waals surface area contributed by atoms with Gasteiger partial charge in [0.25, 0.3) is 11.8 Å². The zero-order valence-electron chi connectivity index (χ0n) is 14.5. The molecule has 1 fully saturated rings. The summed E-state index contributed by atoms with van der Waals surface area (Å²) in [6.07, 6.45) is 1.27. The number of nitrogens with zero attached hydrogens (tertiary/aromatic N) is 1. The molecule has 1 aliphatic rings. The second-order valence-corrected chi connectivity index (χ2v) is 7.42. The van der Waals surface area contributed by atoms with Crippen molar-refractivity contribution in [1.29, 1.82) is 0 Å². The Labute approximate surface area is 179 Å². The van der Waals surface area contributed by atoms with Crippen LogP contribution in [0.15, 0.2) is 46.4 Å². The van der Waals surface area contributed by atoms with E-state index >= 15 is 0 Å². The Bertz CT molecular complexity index is 1010. The number of aromatic hydroxyl groups is 1. The summed E-state index contributed by atoms with van der Waals surface area (Å²) >= 11 is 14.4. The predicted molar refractivity (Wildman–Crippen MR) is 115 cm³/mol. The molecule has 0 aliphatic carbocycles. The van der Waals surface area contributed by atoms with Crippen LogP contribution in [0.5, 0.6) is 11.5 Å². The van der Waals surface area contributed by atoms with Crippen LogP contribution in [0.1, 0.15) is 12.5 Å². The van der Waals surface area contributed by atoms with Gasteiger partial charge in [0.2, 0.25) is 0 Å². The summed E-state index contributed by atoms with van der Waals surface area (Å²) in [6.45, 7) is 2.38. The van der Waals surface area contributed by atoms with E-state index in [-0.39, 0.29) is 27.0 Å². The number of phenols is 1. The van der Waals surface area contributed by atoms with Crippen LogP contribution in [0.25, 0.3) is 6.08 Å². The molecule has 9 heteroatoms. The third kappa shape index (κ3) is 4.04. The van der Waals surface area contributed by atoms with E-state index in [1.54, 1.807) is 30.3 Å². The van der Waals surface area contributed by atoms with Gasteiger partial charge in [0.05, 0.1) is 17.3 Å². The van der Waals surface area contributed by atoms with Gasteiger partial charge in [-0.05, 0) is 61.6 Å². The standard InChI is InChI=1S/C19H14BrClN2O4S/c1-2-27-13-5-3-12(4-6-13)23-18(26)14(17(25)22-19(23)28)8-10-7-11(20)9-15(21)16(10)24/h3-9,24H,2H2,1H3,(H,22,25,28). The van der Waals surface area contributed by atoms with E-state index in [9.17, 15) is 14.7 Å². The normalized spacial score (nSPS) is 15.8. The van der Waals surface area contributed by atoms with Crippen molar-refractivity contribution in [2.24, 2.45) is 0 Å². The molecule has 0 bridgehead atoms. The molecule has 3 rings (SSSR count). The summed E-state index contributed by atoms with van der Waals surface area (Å²) in [5.41, 5.74) is 0.505. The average Bonchev–Trinajstić information content (AvgIpc) is 2.64. The Hall–Kier alpha value is -2.42. The lowest BCUT2D eigenvalue weighted by molar-refractivity contribution is -0.122. The number of carbonyl (C=O) groups is 2. The highest BCUT2D eigenvalue weighted by molar-refractivity contribution is 9.10. The lowest BCUT2D eigenvalue weighted by atomic mass is 10.1. The van der Waals surface area contributed by atoms with Crippen molar-refractivity contribution < 1.29 is 19.4 Å². The van der Waals surface area contributed by atoms with Gasteiger partial charge in [-0.25, -0.2) is 0 Å². The summed E-state index contributed by atoms with van der Waals surface area (Å²) in [7, 11) is 0. The van der Waals surface area contributed by atoms with Crippen molar-refractivity contribution in [3.05, 3.63) is 57.0 Å². The largest absolute Gasteiger partial charge is 0.506 e. The number of amides is 2. The fourth-order valence-corrected chi connectivity index (χ4v) is 3.72. The van der Waals surface area contributed by atoms with Crippen molar-refractivity contribution in [2.45, 2.75) is 6.92 Å². The van der Waals surface area contributed by atoms with E-state index in [4.69, 9.17) is 28.6 Å². The Morgan fingerprint density at radius 1 is 1.29 bits per heavy atom. The number of phenolic OH excluding ortho intramolecular Hbond substituents is 1. The maximum atomic E-state index is 13.0. The van der Waals surface area contributed by atoms with Crippen molar-refractivity contribution in [3.63, 3.8) is 0 Å². The fourth-order valence-electron chi connectivity index (χ4n) is 2.60. The average molecular weight is 482 g/mol. The molecule has 0 aromatic heterocycles. The van der Waals surface area contributed by atoms with Gasteiger partial charge in [-0.3, -0.25) is 19.8 Å². The predicted octanol–water partition coefficient (Wildman–Crippen LogP) is 4.04. The lowest BCUT2D eigenvalue weighted by Crippen LogP contribution is -2.54. The van der Waals surface area contributed by atoms with Crippen LogP contribution in [-0.4, -0.2) is 28.6 Å². The molecule has 0 atom stereocenters. The first-order valence-electron chi connectivity index (χ1n) is 8.14. The van der Waals surface area contributed by atoms with E-state index < -0.39 is 11.8 Å². The molecule has 28 heavy (non-hydrogen) atoms. The van der Waals surface area contributed by atoms with E-state index in [2.05, 4.69) is 21.2 Å². The number of rotatable bonds is 4. The molecule has 0 spiro atoms. The smallest absolute Gasteiger partial charge is 0.270 e. The Morgan fingerprint density at radius 2 is 1.96 bits per heavy atom. The SMILES string of the molecule is CCOc1ccc(N2C(=O)C(=Cc3cc(Br)cc(Cl)c3O)C(=O)NC2=S)cc1. The second-order valence-electron chi connectivity index (χ2n) is 5.71. The zero-order chi connectivity index (χ0) is 20.4. The van der Waals surface area contributed by atoms with Gasteiger partial charge in [0.15, 0.2) is 5.11 Å². The van der Waals surface area contributed by atoms with Gasteiger partial charge in [0.1, 0.15) is 17.1 Å². The number of ether oxygens (including phenoxy) is 1. The number of benzene rings is 2. The monoisotopic (exact) mass is 480 g/mol. The summed E-state index contributed by atoms with van der Waals surface area (Å²) in [4.78, 5) is 26.6. The molecule has 0 saturated carbocycles. The zero-order valence-corrected chi connectivity index (χ0v) is 17.7. The third-order valence-electron chi connectivity index (χ3n) is 3.87. The Kier molecular flexibility index (Phi) is 6.02. The lowest BCUT2D eigenvalue weighted by Gasteiger charge is -2.29. The molecule has 0 unspecified atom stereocenters. The highest BCUT2D eigenvalue weighted by Gasteiger charge is 2.34. The molecule has 1 saturated heterocycles. The van der Waals surface area contributed by atoms with Gasteiger partial charge in [0, 0.05) is 10.0 Å². The van der Waals surface area contributed by atoms with Gasteiger partial charge < -0.3 is 9.84 Å². The number of carbonyl (C=O) groups excluding carboxylic acids is 2. The molecule has 2 N–H and O–H groups in total. The third-order valence-corrected chi connectivity index (χ3v) is 4.90. The molecule has 144 valence electrons. The Morgan fingerprint density at radius 3 is 2.61 bits per heavy atom. The minimum Gasteiger partial charge on any atom is -0.506 e. The fraction of sp³-hybridized carbons (Fsp3) is 0.105. The van der Waals surface area contributed by atoms with Crippen LogP contribution in [0.4, 0.5) is 5.69 Å². The maximum Gasteiger partial charge on any atom is 0.270 e. The first kappa shape index (κ1) is 20.3. The molecule has 2 aromatic carbocycles.